The lowest BCUT2D eigenvalue weighted by molar-refractivity contribution is -0.121. The highest BCUT2D eigenvalue weighted by Crippen LogP contribution is 2.26. The van der Waals surface area contributed by atoms with Crippen molar-refractivity contribution < 1.29 is 13.2 Å². The summed E-state index contributed by atoms with van der Waals surface area (Å²) in [5, 5.41) is 8.80. The van der Waals surface area contributed by atoms with Gasteiger partial charge in [0, 0.05) is 19.0 Å². The molecule has 152 valence electrons. The summed E-state index contributed by atoms with van der Waals surface area (Å²) in [6.45, 7) is 1.23. The Morgan fingerprint density at radius 3 is 2.59 bits per heavy atom. The van der Waals surface area contributed by atoms with Crippen molar-refractivity contribution in [3.8, 4) is 0 Å². The molecule has 0 saturated carbocycles. The van der Waals surface area contributed by atoms with Gasteiger partial charge in [-0.3, -0.25) is 10.1 Å². The predicted molar refractivity (Wildman–Crippen MR) is 110 cm³/mol. The van der Waals surface area contributed by atoms with Crippen molar-refractivity contribution in [1.29, 1.82) is 0 Å². The molecule has 0 atom stereocenters. The Bertz CT molecular complexity index is 1060. The standard InChI is InChI=1S/C19H21N5O3S2/c25-18(21-19-20-14-23(22-19)13-15-5-2-1-3-6-15)16-8-10-24(11-9-16)29(26,27)17-7-4-12-28-17/h1-7,12,14,16H,8-11,13H2,(H,21,22,25). The summed E-state index contributed by atoms with van der Waals surface area (Å²) < 4.78 is 28.6. The summed E-state index contributed by atoms with van der Waals surface area (Å²) in [5.41, 5.74) is 1.09. The van der Waals surface area contributed by atoms with Gasteiger partial charge >= 0.3 is 0 Å². The first-order valence-corrected chi connectivity index (χ1v) is 11.6. The van der Waals surface area contributed by atoms with Gasteiger partial charge in [0.25, 0.3) is 10.0 Å². The molecule has 0 unspecified atom stereocenters. The average molecular weight is 432 g/mol. The Morgan fingerprint density at radius 2 is 1.90 bits per heavy atom. The van der Waals surface area contributed by atoms with E-state index < -0.39 is 10.0 Å². The van der Waals surface area contributed by atoms with Crippen LogP contribution >= 0.6 is 11.3 Å². The zero-order chi connectivity index (χ0) is 20.3. The topological polar surface area (TPSA) is 97.2 Å². The Balaban J connectivity index is 1.31. The molecule has 8 nitrogen and oxygen atoms in total. The first kappa shape index (κ1) is 19.7. The second-order valence-corrected chi connectivity index (χ2v) is 9.96. The summed E-state index contributed by atoms with van der Waals surface area (Å²) in [4.78, 5) is 16.7. The molecular formula is C19H21N5O3S2. The van der Waals surface area contributed by atoms with Crippen LogP contribution in [0.4, 0.5) is 5.95 Å². The highest BCUT2D eigenvalue weighted by molar-refractivity contribution is 7.91. The van der Waals surface area contributed by atoms with Crippen molar-refractivity contribution in [3.05, 3.63) is 59.7 Å². The Morgan fingerprint density at radius 1 is 1.14 bits per heavy atom. The molecule has 1 aliphatic rings. The zero-order valence-electron chi connectivity index (χ0n) is 15.6. The Kier molecular flexibility index (Phi) is 5.74. The lowest BCUT2D eigenvalue weighted by Gasteiger charge is -2.29. The molecule has 10 heteroatoms. The summed E-state index contributed by atoms with van der Waals surface area (Å²) >= 11 is 1.21. The first-order chi connectivity index (χ1) is 14.0. The maximum Gasteiger partial charge on any atom is 0.252 e. The van der Waals surface area contributed by atoms with Crippen molar-refractivity contribution >= 4 is 33.2 Å². The van der Waals surface area contributed by atoms with E-state index in [1.807, 2.05) is 30.3 Å². The van der Waals surface area contributed by atoms with Crippen LogP contribution in [-0.2, 0) is 21.4 Å². The van der Waals surface area contributed by atoms with Crippen LogP contribution in [0.2, 0.25) is 0 Å². The van der Waals surface area contributed by atoms with Gasteiger partial charge in [-0.05, 0) is 29.9 Å². The largest absolute Gasteiger partial charge is 0.293 e. The molecule has 3 aromatic rings. The van der Waals surface area contributed by atoms with E-state index in [9.17, 15) is 13.2 Å². The van der Waals surface area contributed by atoms with Crippen molar-refractivity contribution in [2.45, 2.75) is 23.6 Å². The number of benzene rings is 1. The van der Waals surface area contributed by atoms with Crippen LogP contribution in [0.3, 0.4) is 0 Å². The number of carbonyl (C=O) groups is 1. The monoisotopic (exact) mass is 431 g/mol. The van der Waals surface area contributed by atoms with E-state index >= 15 is 0 Å². The fourth-order valence-electron chi connectivity index (χ4n) is 3.31. The average Bonchev–Trinajstić information content (AvgIpc) is 3.42. The number of rotatable bonds is 6. The molecule has 0 radical (unpaired) electrons. The predicted octanol–water partition coefficient (Wildman–Crippen LogP) is 2.43. The number of sulfonamides is 1. The van der Waals surface area contributed by atoms with Crippen molar-refractivity contribution in [2.24, 2.45) is 5.92 Å². The van der Waals surface area contributed by atoms with E-state index in [4.69, 9.17) is 0 Å². The van der Waals surface area contributed by atoms with E-state index in [-0.39, 0.29) is 17.8 Å². The normalized spacial score (nSPS) is 16.0. The number of carbonyl (C=O) groups excluding carboxylic acids is 1. The van der Waals surface area contributed by atoms with Crippen LogP contribution in [0.15, 0.2) is 58.4 Å². The van der Waals surface area contributed by atoms with Crippen LogP contribution in [0.1, 0.15) is 18.4 Å². The van der Waals surface area contributed by atoms with Gasteiger partial charge in [-0.25, -0.2) is 18.1 Å². The van der Waals surface area contributed by atoms with Crippen LogP contribution in [-0.4, -0.2) is 46.5 Å². The third kappa shape index (κ3) is 4.55. The van der Waals surface area contributed by atoms with E-state index in [1.54, 1.807) is 28.5 Å². The second-order valence-electron chi connectivity index (χ2n) is 6.85. The molecule has 1 amide bonds. The molecule has 4 rings (SSSR count). The smallest absolute Gasteiger partial charge is 0.252 e. The number of thiophene rings is 1. The van der Waals surface area contributed by atoms with Gasteiger partial charge in [-0.2, -0.15) is 4.31 Å². The third-order valence-electron chi connectivity index (χ3n) is 4.87. The SMILES string of the molecule is O=C(Nc1ncn(Cc2ccccc2)n1)C1CCN(S(=O)(=O)c2cccs2)CC1. The van der Waals surface area contributed by atoms with Crippen molar-refractivity contribution in [1.82, 2.24) is 19.1 Å². The molecule has 1 aliphatic heterocycles. The molecule has 2 aromatic heterocycles. The maximum absolute atomic E-state index is 12.6. The molecule has 1 aromatic carbocycles. The Hall–Kier alpha value is -2.56. The zero-order valence-corrected chi connectivity index (χ0v) is 17.3. The minimum Gasteiger partial charge on any atom is -0.293 e. The van der Waals surface area contributed by atoms with Gasteiger partial charge < -0.3 is 0 Å². The first-order valence-electron chi connectivity index (χ1n) is 9.30. The molecule has 0 spiro atoms. The van der Waals surface area contributed by atoms with Gasteiger partial charge in [0.15, 0.2) is 0 Å². The molecule has 1 N–H and O–H groups in total. The summed E-state index contributed by atoms with van der Waals surface area (Å²) in [6.07, 6.45) is 2.53. The summed E-state index contributed by atoms with van der Waals surface area (Å²) in [5.74, 6) is -0.166. The lowest BCUT2D eigenvalue weighted by Crippen LogP contribution is -2.41. The van der Waals surface area contributed by atoms with E-state index in [1.165, 1.54) is 15.6 Å². The van der Waals surface area contributed by atoms with Crippen LogP contribution in [0.25, 0.3) is 0 Å². The number of nitrogens with one attached hydrogen (secondary N) is 1. The van der Waals surface area contributed by atoms with Gasteiger partial charge in [0.1, 0.15) is 10.5 Å². The van der Waals surface area contributed by atoms with Gasteiger partial charge in [-0.1, -0.05) is 36.4 Å². The van der Waals surface area contributed by atoms with Crippen LogP contribution in [0.5, 0.6) is 0 Å². The molecule has 3 heterocycles. The molecule has 0 bridgehead atoms. The molecular weight excluding hydrogens is 410 g/mol. The second kappa shape index (κ2) is 8.44. The van der Waals surface area contributed by atoms with E-state index in [0.29, 0.717) is 36.7 Å². The number of anilines is 1. The van der Waals surface area contributed by atoms with Crippen LogP contribution in [0, 0.1) is 5.92 Å². The summed E-state index contributed by atoms with van der Waals surface area (Å²) in [6, 6.07) is 13.2. The van der Waals surface area contributed by atoms with Gasteiger partial charge in [-0.15, -0.1) is 16.4 Å². The summed E-state index contributed by atoms with van der Waals surface area (Å²) in [7, 11) is -3.46. The van der Waals surface area contributed by atoms with E-state index in [2.05, 4.69) is 15.4 Å². The highest BCUT2D eigenvalue weighted by atomic mass is 32.2. The minimum absolute atomic E-state index is 0.171. The lowest BCUT2D eigenvalue weighted by atomic mass is 9.97. The Labute approximate surface area is 173 Å². The van der Waals surface area contributed by atoms with Gasteiger partial charge in [0.2, 0.25) is 11.9 Å². The molecule has 1 saturated heterocycles. The van der Waals surface area contributed by atoms with Crippen molar-refractivity contribution in [2.75, 3.05) is 18.4 Å². The third-order valence-corrected chi connectivity index (χ3v) is 8.14. The number of amides is 1. The fraction of sp³-hybridized carbons (Fsp3) is 0.316. The number of aromatic nitrogens is 3. The van der Waals surface area contributed by atoms with Crippen LogP contribution < -0.4 is 5.32 Å². The maximum atomic E-state index is 12.6. The number of nitrogens with zero attached hydrogens (tertiary/aromatic N) is 4. The number of hydrogen-bond acceptors (Lipinski definition) is 6. The number of piperidine rings is 1. The number of hydrogen-bond donors (Lipinski definition) is 1. The minimum atomic E-state index is -3.46. The van der Waals surface area contributed by atoms with Gasteiger partial charge in [0.05, 0.1) is 6.54 Å². The van der Waals surface area contributed by atoms with Crippen molar-refractivity contribution in [3.63, 3.8) is 0 Å². The fourth-order valence-corrected chi connectivity index (χ4v) is 5.92. The molecule has 1 fully saturated rings. The highest BCUT2D eigenvalue weighted by Gasteiger charge is 2.32. The molecule has 29 heavy (non-hydrogen) atoms. The quantitative estimate of drug-likeness (QED) is 0.647. The van der Waals surface area contributed by atoms with E-state index in [0.717, 1.165) is 5.56 Å². The molecule has 0 aliphatic carbocycles.